The first-order valence-corrected chi connectivity index (χ1v) is 3.93. The van der Waals surface area contributed by atoms with Gasteiger partial charge in [0.1, 0.15) is 5.75 Å². The highest BCUT2D eigenvalue weighted by molar-refractivity contribution is 5.29. The number of hydrogen-bond acceptors (Lipinski definition) is 3. The second-order valence-corrected chi connectivity index (χ2v) is 2.35. The van der Waals surface area contributed by atoms with Gasteiger partial charge in [-0.3, -0.25) is 4.98 Å². The highest BCUT2D eigenvalue weighted by Crippen LogP contribution is 2.16. The van der Waals surface area contributed by atoms with Gasteiger partial charge in [-0.25, -0.2) is 0 Å². The third-order valence-corrected chi connectivity index (χ3v) is 1.46. The lowest BCUT2D eigenvalue weighted by molar-refractivity contribution is 0.180. The third-order valence-electron chi connectivity index (χ3n) is 1.46. The molecule has 0 radical (unpaired) electrons. The minimum atomic E-state index is 0.545. The van der Waals surface area contributed by atoms with Crippen LogP contribution in [-0.2, 0) is 11.3 Å². The SMILES string of the molecule is CCOc1ccncc1COC. The van der Waals surface area contributed by atoms with Crippen LogP contribution in [0.15, 0.2) is 18.5 Å². The summed E-state index contributed by atoms with van der Waals surface area (Å²) in [5.74, 6) is 0.856. The maximum absolute atomic E-state index is 5.37. The summed E-state index contributed by atoms with van der Waals surface area (Å²) < 4.78 is 10.4. The van der Waals surface area contributed by atoms with Gasteiger partial charge < -0.3 is 9.47 Å². The minimum Gasteiger partial charge on any atom is -0.493 e. The fraction of sp³-hybridized carbons (Fsp3) is 0.444. The van der Waals surface area contributed by atoms with Crippen molar-refractivity contribution >= 4 is 0 Å². The predicted octanol–water partition coefficient (Wildman–Crippen LogP) is 1.63. The summed E-state index contributed by atoms with van der Waals surface area (Å²) in [4.78, 5) is 3.99. The average molecular weight is 167 g/mol. The minimum absolute atomic E-state index is 0.545. The van der Waals surface area contributed by atoms with E-state index < -0.39 is 0 Å². The van der Waals surface area contributed by atoms with Crippen LogP contribution in [0.5, 0.6) is 5.75 Å². The molecule has 0 bridgehead atoms. The molecule has 3 nitrogen and oxygen atoms in total. The quantitative estimate of drug-likeness (QED) is 0.683. The van der Waals surface area contributed by atoms with Crippen LogP contribution >= 0.6 is 0 Å². The molecular weight excluding hydrogens is 154 g/mol. The van der Waals surface area contributed by atoms with Crippen molar-refractivity contribution in [1.82, 2.24) is 4.98 Å². The van der Waals surface area contributed by atoms with Gasteiger partial charge in [0.05, 0.1) is 13.2 Å². The molecule has 0 aliphatic rings. The zero-order valence-electron chi connectivity index (χ0n) is 7.41. The van der Waals surface area contributed by atoms with Gasteiger partial charge in [-0.05, 0) is 13.0 Å². The van der Waals surface area contributed by atoms with E-state index in [2.05, 4.69) is 4.98 Å². The summed E-state index contributed by atoms with van der Waals surface area (Å²) in [6.07, 6.45) is 3.47. The molecule has 1 aromatic heterocycles. The zero-order chi connectivity index (χ0) is 8.81. The molecule has 3 heteroatoms. The predicted molar refractivity (Wildman–Crippen MR) is 46.1 cm³/mol. The Morgan fingerprint density at radius 2 is 2.33 bits per heavy atom. The Hall–Kier alpha value is -1.09. The summed E-state index contributed by atoms with van der Waals surface area (Å²) in [7, 11) is 1.66. The first-order chi connectivity index (χ1) is 5.88. The molecule has 0 aromatic carbocycles. The molecule has 0 saturated carbocycles. The van der Waals surface area contributed by atoms with E-state index >= 15 is 0 Å². The molecule has 0 amide bonds. The summed E-state index contributed by atoms with van der Waals surface area (Å²) in [5, 5.41) is 0. The van der Waals surface area contributed by atoms with Gasteiger partial charge in [-0.15, -0.1) is 0 Å². The molecule has 0 fully saturated rings. The molecule has 0 atom stereocenters. The number of methoxy groups -OCH3 is 1. The van der Waals surface area contributed by atoms with Crippen LogP contribution in [-0.4, -0.2) is 18.7 Å². The highest BCUT2D eigenvalue weighted by atomic mass is 16.5. The number of hydrogen-bond donors (Lipinski definition) is 0. The largest absolute Gasteiger partial charge is 0.493 e. The number of pyridine rings is 1. The monoisotopic (exact) mass is 167 g/mol. The van der Waals surface area contributed by atoms with Crippen LogP contribution in [0.1, 0.15) is 12.5 Å². The Morgan fingerprint density at radius 1 is 1.50 bits per heavy atom. The normalized spacial score (nSPS) is 9.83. The Bertz CT molecular complexity index is 213. The number of nitrogens with zero attached hydrogens (tertiary/aromatic N) is 1. The molecule has 0 unspecified atom stereocenters. The van der Waals surface area contributed by atoms with Gasteiger partial charge in [-0.1, -0.05) is 0 Å². The fourth-order valence-corrected chi connectivity index (χ4v) is 0.975. The first kappa shape index (κ1) is 9.00. The smallest absolute Gasteiger partial charge is 0.127 e. The van der Waals surface area contributed by atoms with E-state index in [1.54, 1.807) is 19.5 Å². The van der Waals surface area contributed by atoms with Gasteiger partial charge in [0.15, 0.2) is 0 Å². The standard InChI is InChI=1S/C9H13NO2/c1-3-12-9-4-5-10-6-8(9)7-11-2/h4-6H,3,7H2,1-2H3. The summed E-state index contributed by atoms with van der Waals surface area (Å²) in [6.45, 7) is 3.17. The zero-order valence-corrected chi connectivity index (χ0v) is 7.41. The van der Waals surface area contributed by atoms with E-state index in [1.807, 2.05) is 13.0 Å². The van der Waals surface area contributed by atoms with E-state index in [0.29, 0.717) is 13.2 Å². The highest BCUT2D eigenvalue weighted by Gasteiger charge is 2.00. The second-order valence-electron chi connectivity index (χ2n) is 2.35. The topological polar surface area (TPSA) is 31.4 Å². The van der Waals surface area contributed by atoms with Crippen LogP contribution in [0.25, 0.3) is 0 Å². The van der Waals surface area contributed by atoms with E-state index in [0.717, 1.165) is 11.3 Å². The molecule has 0 aliphatic carbocycles. The molecule has 0 aliphatic heterocycles. The third kappa shape index (κ3) is 2.20. The van der Waals surface area contributed by atoms with E-state index in [4.69, 9.17) is 9.47 Å². The van der Waals surface area contributed by atoms with Crippen LogP contribution in [0.2, 0.25) is 0 Å². The molecule has 0 spiro atoms. The van der Waals surface area contributed by atoms with Crippen molar-refractivity contribution in [2.45, 2.75) is 13.5 Å². The molecule has 1 rings (SSSR count). The number of aromatic nitrogens is 1. The van der Waals surface area contributed by atoms with Crippen molar-refractivity contribution in [1.29, 1.82) is 0 Å². The van der Waals surface area contributed by atoms with Crippen LogP contribution in [0.4, 0.5) is 0 Å². The van der Waals surface area contributed by atoms with Gasteiger partial charge in [0.25, 0.3) is 0 Å². The van der Waals surface area contributed by atoms with Crippen molar-refractivity contribution in [2.24, 2.45) is 0 Å². The van der Waals surface area contributed by atoms with Crippen molar-refractivity contribution in [3.8, 4) is 5.75 Å². The van der Waals surface area contributed by atoms with Gasteiger partial charge >= 0.3 is 0 Å². The number of ether oxygens (including phenoxy) is 2. The summed E-state index contributed by atoms with van der Waals surface area (Å²) in [5.41, 5.74) is 0.988. The maximum Gasteiger partial charge on any atom is 0.127 e. The van der Waals surface area contributed by atoms with Crippen LogP contribution < -0.4 is 4.74 Å². The lowest BCUT2D eigenvalue weighted by Crippen LogP contribution is -1.98. The molecule has 0 N–H and O–H groups in total. The van der Waals surface area contributed by atoms with Gasteiger partial charge in [0, 0.05) is 25.1 Å². The molecule has 0 saturated heterocycles. The fourth-order valence-electron chi connectivity index (χ4n) is 0.975. The Labute approximate surface area is 72.3 Å². The van der Waals surface area contributed by atoms with E-state index in [9.17, 15) is 0 Å². The maximum atomic E-state index is 5.37. The van der Waals surface area contributed by atoms with Crippen LogP contribution in [0, 0.1) is 0 Å². The van der Waals surface area contributed by atoms with Crippen molar-refractivity contribution < 1.29 is 9.47 Å². The molecular formula is C9H13NO2. The Kier molecular flexibility index (Phi) is 3.54. The van der Waals surface area contributed by atoms with Crippen molar-refractivity contribution in [2.75, 3.05) is 13.7 Å². The summed E-state index contributed by atoms with van der Waals surface area (Å²) >= 11 is 0. The molecule has 1 heterocycles. The van der Waals surface area contributed by atoms with Crippen molar-refractivity contribution in [3.05, 3.63) is 24.0 Å². The van der Waals surface area contributed by atoms with Crippen LogP contribution in [0.3, 0.4) is 0 Å². The lowest BCUT2D eigenvalue weighted by Gasteiger charge is -2.07. The molecule has 12 heavy (non-hydrogen) atoms. The summed E-state index contributed by atoms with van der Waals surface area (Å²) in [6, 6.07) is 1.85. The van der Waals surface area contributed by atoms with Crippen molar-refractivity contribution in [3.63, 3.8) is 0 Å². The van der Waals surface area contributed by atoms with E-state index in [-0.39, 0.29) is 0 Å². The number of rotatable bonds is 4. The lowest BCUT2D eigenvalue weighted by atomic mass is 10.3. The van der Waals surface area contributed by atoms with Gasteiger partial charge in [0.2, 0.25) is 0 Å². The molecule has 66 valence electrons. The first-order valence-electron chi connectivity index (χ1n) is 3.93. The Balaban J connectivity index is 2.77. The van der Waals surface area contributed by atoms with E-state index in [1.165, 1.54) is 0 Å². The average Bonchev–Trinajstić information content (AvgIpc) is 2.09. The molecule has 1 aromatic rings. The van der Waals surface area contributed by atoms with Gasteiger partial charge in [-0.2, -0.15) is 0 Å². The Morgan fingerprint density at radius 3 is 3.00 bits per heavy atom. The second kappa shape index (κ2) is 4.72.